The van der Waals surface area contributed by atoms with E-state index in [9.17, 15) is 9.59 Å². The lowest BCUT2D eigenvalue weighted by atomic mass is 10.0. The smallest absolute Gasteiger partial charge is 0.315 e. The summed E-state index contributed by atoms with van der Waals surface area (Å²) < 4.78 is 10.6. The first-order chi connectivity index (χ1) is 16.7. The SMILES string of the molecule is COc1ccc(CCNC(=O)c2ccccc2N2CCC(NC(=O)NC(C)(C)C)CC2)cc1OC. The molecule has 0 aliphatic carbocycles. The van der Waals surface area contributed by atoms with Crippen LogP contribution in [-0.4, -0.2) is 57.4 Å². The lowest BCUT2D eigenvalue weighted by molar-refractivity contribution is 0.0954. The van der Waals surface area contributed by atoms with E-state index in [1.165, 1.54) is 0 Å². The maximum Gasteiger partial charge on any atom is 0.315 e. The van der Waals surface area contributed by atoms with Gasteiger partial charge in [-0.15, -0.1) is 0 Å². The fourth-order valence-corrected chi connectivity index (χ4v) is 4.22. The van der Waals surface area contributed by atoms with Gasteiger partial charge in [0.05, 0.1) is 19.8 Å². The first kappa shape index (κ1) is 26.2. The molecule has 1 aliphatic rings. The summed E-state index contributed by atoms with van der Waals surface area (Å²) in [4.78, 5) is 27.4. The van der Waals surface area contributed by atoms with Gasteiger partial charge in [-0.1, -0.05) is 18.2 Å². The van der Waals surface area contributed by atoms with Gasteiger partial charge < -0.3 is 30.3 Å². The number of para-hydroxylation sites is 1. The van der Waals surface area contributed by atoms with Gasteiger partial charge in [-0.3, -0.25) is 4.79 Å². The molecule has 35 heavy (non-hydrogen) atoms. The molecule has 0 radical (unpaired) electrons. The first-order valence-electron chi connectivity index (χ1n) is 12.1. The highest BCUT2D eigenvalue weighted by Gasteiger charge is 2.24. The third-order valence-corrected chi connectivity index (χ3v) is 5.96. The molecule has 2 aromatic rings. The van der Waals surface area contributed by atoms with E-state index >= 15 is 0 Å². The normalized spacial score (nSPS) is 14.3. The Kier molecular flexibility index (Phi) is 8.84. The summed E-state index contributed by atoms with van der Waals surface area (Å²) in [6, 6.07) is 13.5. The van der Waals surface area contributed by atoms with E-state index in [-0.39, 0.29) is 23.5 Å². The van der Waals surface area contributed by atoms with Crippen molar-refractivity contribution in [1.29, 1.82) is 0 Å². The summed E-state index contributed by atoms with van der Waals surface area (Å²) in [5.41, 5.74) is 2.38. The molecule has 8 nitrogen and oxygen atoms in total. The minimum absolute atomic E-state index is 0.0918. The Morgan fingerprint density at radius 2 is 1.69 bits per heavy atom. The van der Waals surface area contributed by atoms with Gasteiger partial charge in [-0.25, -0.2) is 4.79 Å². The predicted octanol–water partition coefficient (Wildman–Crippen LogP) is 3.74. The number of carbonyl (C=O) groups excluding carboxylic acids is 2. The van der Waals surface area contributed by atoms with Crippen LogP contribution in [0.2, 0.25) is 0 Å². The van der Waals surface area contributed by atoms with Crippen molar-refractivity contribution >= 4 is 17.6 Å². The highest BCUT2D eigenvalue weighted by Crippen LogP contribution is 2.28. The summed E-state index contributed by atoms with van der Waals surface area (Å²) in [6.07, 6.45) is 2.33. The number of hydrogen-bond acceptors (Lipinski definition) is 5. The number of hydrogen-bond donors (Lipinski definition) is 3. The molecule has 8 heteroatoms. The van der Waals surface area contributed by atoms with Crippen LogP contribution in [0.4, 0.5) is 10.5 Å². The van der Waals surface area contributed by atoms with Gasteiger partial charge in [0.25, 0.3) is 5.91 Å². The number of rotatable bonds is 8. The minimum atomic E-state index is -0.267. The van der Waals surface area contributed by atoms with Crippen LogP contribution < -0.4 is 30.3 Å². The molecule has 2 aromatic carbocycles. The van der Waals surface area contributed by atoms with Gasteiger partial charge in [-0.2, -0.15) is 0 Å². The zero-order valence-corrected chi connectivity index (χ0v) is 21.4. The van der Waals surface area contributed by atoms with E-state index in [4.69, 9.17) is 9.47 Å². The number of anilines is 1. The fraction of sp³-hybridized carbons (Fsp3) is 0.481. The van der Waals surface area contributed by atoms with E-state index in [1.807, 2.05) is 63.2 Å². The van der Waals surface area contributed by atoms with E-state index in [0.717, 1.165) is 37.2 Å². The summed E-state index contributed by atoms with van der Waals surface area (Å²) in [7, 11) is 3.22. The Morgan fingerprint density at radius 1 is 1.00 bits per heavy atom. The molecule has 3 amide bonds. The second kappa shape index (κ2) is 11.8. The van der Waals surface area contributed by atoms with Crippen LogP contribution in [0.25, 0.3) is 0 Å². The van der Waals surface area contributed by atoms with Crippen LogP contribution in [0.1, 0.15) is 49.5 Å². The minimum Gasteiger partial charge on any atom is -0.493 e. The van der Waals surface area contributed by atoms with Crippen molar-refractivity contribution in [2.75, 3.05) is 38.8 Å². The molecule has 1 aliphatic heterocycles. The standard InChI is InChI=1S/C27H38N4O4/c1-27(2,3)30-26(33)29-20-13-16-31(17-14-20)22-9-7-6-8-21(22)25(32)28-15-12-19-10-11-23(34-4)24(18-19)35-5/h6-11,18,20H,12-17H2,1-5H3,(H,28,32)(H2,29,30,33). The Bertz CT molecular complexity index is 1010. The van der Waals surface area contributed by atoms with Crippen molar-refractivity contribution in [1.82, 2.24) is 16.0 Å². The van der Waals surface area contributed by atoms with Crippen molar-refractivity contribution in [2.45, 2.75) is 51.6 Å². The van der Waals surface area contributed by atoms with Gasteiger partial charge in [0.15, 0.2) is 11.5 Å². The van der Waals surface area contributed by atoms with Gasteiger partial charge in [0.1, 0.15) is 0 Å². The third kappa shape index (κ3) is 7.53. The largest absolute Gasteiger partial charge is 0.493 e. The highest BCUT2D eigenvalue weighted by atomic mass is 16.5. The molecule has 0 atom stereocenters. The Labute approximate surface area is 208 Å². The maximum atomic E-state index is 13.0. The topological polar surface area (TPSA) is 91.9 Å². The highest BCUT2D eigenvalue weighted by molar-refractivity contribution is 5.99. The monoisotopic (exact) mass is 482 g/mol. The molecule has 1 fully saturated rings. The third-order valence-electron chi connectivity index (χ3n) is 5.96. The van der Waals surface area contributed by atoms with Gasteiger partial charge in [0, 0.05) is 36.9 Å². The molecule has 1 saturated heterocycles. The van der Waals surface area contributed by atoms with E-state index < -0.39 is 0 Å². The summed E-state index contributed by atoms with van der Waals surface area (Å²) >= 11 is 0. The van der Waals surface area contributed by atoms with Crippen molar-refractivity contribution in [3.63, 3.8) is 0 Å². The number of nitrogens with one attached hydrogen (secondary N) is 3. The number of piperidine rings is 1. The molecule has 0 unspecified atom stereocenters. The number of ether oxygens (including phenoxy) is 2. The Hall–Kier alpha value is -3.42. The summed E-state index contributed by atoms with van der Waals surface area (Å²) in [6.45, 7) is 7.95. The van der Waals surface area contributed by atoms with Gasteiger partial charge in [0.2, 0.25) is 0 Å². The average molecular weight is 483 g/mol. The van der Waals surface area contributed by atoms with Crippen LogP contribution in [0.15, 0.2) is 42.5 Å². The molecule has 190 valence electrons. The summed E-state index contributed by atoms with van der Waals surface area (Å²) in [5, 5.41) is 9.06. The van der Waals surface area contributed by atoms with Crippen LogP contribution in [-0.2, 0) is 6.42 Å². The molecule has 0 saturated carbocycles. The van der Waals surface area contributed by atoms with E-state index in [1.54, 1.807) is 14.2 Å². The van der Waals surface area contributed by atoms with E-state index in [2.05, 4.69) is 20.9 Å². The van der Waals surface area contributed by atoms with Crippen LogP contribution in [0.5, 0.6) is 11.5 Å². The van der Waals surface area contributed by atoms with Crippen LogP contribution in [0.3, 0.4) is 0 Å². The van der Waals surface area contributed by atoms with Crippen LogP contribution >= 0.6 is 0 Å². The van der Waals surface area contributed by atoms with E-state index in [0.29, 0.717) is 30.0 Å². The maximum absolute atomic E-state index is 13.0. The fourth-order valence-electron chi connectivity index (χ4n) is 4.22. The number of nitrogens with zero attached hydrogens (tertiary/aromatic N) is 1. The predicted molar refractivity (Wildman–Crippen MR) is 139 cm³/mol. The number of urea groups is 1. The molecule has 0 aromatic heterocycles. The lowest BCUT2D eigenvalue weighted by Crippen LogP contribution is -2.52. The Morgan fingerprint density at radius 3 is 2.34 bits per heavy atom. The average Bonchev–Trinajstić information content (AvgIpc) is 2.83. The summed E-state index contributed by atoms with van der Waals surface area (Å²) in [5.74, 6) is 1.27. The number of carbonyl (C=O) groups is 2. The lowest BCUT2D eigenvalue weighted by Gasteiger charge is -2.35. The molecule has 3 N–H and O–H groups in total. The van der Waals surface area contributed by atoms with Crippen molar-refractivity contribution in [3.8, 4) is 11.5 Å². The van der Waals surface area contributed by atoms with Crippen molar-refractivity contribution < 1.29 is 19.1 Å². The van der Waals surface area contributed by atoms with Crippen molar-refractivity contribution in [2.24, 2.45) is 0 Å². The second-order valence-electron chi connectivity index (χ2n) is 9.82. The Balaban J connectivity index is 1.54. The van der Waals surface area contributed by atoms with Crippen LogP contribution in [0, 0.1) is 0 Å². The molecule has 0 spiro atoms. The molecular formula is C27H38N4O4. The number of methoxy groups -OCH3 is 2. The number of amides is 3. The quantitative estimate of drug-likeness (QED) is 0.533. The molecule has 3 rings (SSSR count). The zero-order chi connectivity index (χ0) is 25.4. The first-order valence-corrected chi connectivity index (χ1v) is 12.1. The van der Waals surface area contributed by atoms with Crippen molar-refractivity contribution in [3.05, 3.63) is 53.6 Å². The molecule has 0 bridgehead atoms. The van der Waals surface area contributed by atoms with Gasteiger partial charge >= 0.3 is 6.03 Å². The zero-order valence-electron chi connectivity index (χ0n) is 21.4. The second-order valence-corrected chi connectivity index (χ2v) is 9.82. The molecule has 1 heterocycles. The number of benzene rings is 2. The molecular weight excluding hydrogens is 444 g/mol. The van der Waals surface area contributed by atoms with Gasteiger partial charge in [-0.05, 0) is 69.9 Å².